The van der Waals surface area contributed by atoms with E-state index in [-0.39, 0.29) is 58.9 Å². The fourth-order valence-corrected chi connectivity index (χ4v) is 3.58. The lowest BCUT2D eigenvalue weighted by atomic mass is 9.78. The van der Waals surface area contributed by atoms with Gasteiger partial charge in [0.15, 0.2) is 0 Å². The molecule has 4 unspecified atom stereocenters. The summed E-state index contributed by atoms with van der Waals surface area (Å²) in [5, 5.41) is 20.0. The van der Waals surface area contributed by atoms with Crippen LogP contribution in [0.25, 0.3) is 0 Å². The Labute approximate surface area is 221 Å². The van der Waals surface area contributed by atoms with Crippen LogP contribution in [0.15, 0.2) is 48.5 Å². The van der Waals surface area contributed by atoms with Gasteiger partial charge in [-0.1, -0.05) is 53.0 Å². The van der Waals surface area contributed by atoms with Gasteiger partial charge in [0.25, 0.3) is 0 Å². The number of aliphatic hydroxyl groups is 2. The molecule has 4 atom stereocenters. The van der Waals surface area contributed by atoms with Crippen LogP contribution in [0.1, 0.15) is 39.8 Å². The minimum atomic E-state index is -0.684. The quantitative estimate of drug-likeness (QED) is 0.324. The Morgan fingerprint density at radius 3 is 1.38 bits per heavy atom. The lowest BCUT2D eigenvalue weighted by Gasteiger charge is -2.26. The highest BCUT2D eigenvalue weighted by atomic mass is 16.6. The number of aliphatic hydroxyl groups excluding tert-OH is 2. The van der Waals surface area contributed by atoms with E-state index in [9.17, 15) is 10.2 Å². The fraction of sp³-hybridized carbons (Fsp3) is 0.586. The van der Waals surface area contributed by atoms with Crippen LogP contribution in [0.3, 0.4) is 0 Å². The molecule has 2 heterocycles. The zero-order chi connectivity index (χ0) is 24.7. The zero-order valence-corrected chi connectivity index (χ0v) is 20.4. The van der Waals surface area contributed by atoms with Gasteiger partial charge in [-0.25, -0.2) is 0 Å². The van der Waals surface area contributed by atoms with Gasteiger partial charge in [-0.05, 0) is 35.4 Å². The van der Waals surface area contributed by atoms with E-state index in [4.69, 9.17) is 28.4 Å². The van der Waals surface area contributed by atoms with E-state index >= 15 is 0 Å². The lowest BCUT2D eigenvalue weighted by molar-refractivity contribution is 0.00759. The van der Waals surface area contributed by atoms with Gasteiger partial charge in [0.1, 0.15) is 49.1 Å². The molecular weight excluding hydrogens is 476 g/mol. The average Bonchev–Trinajstić information content (AvgIpc) is 3.78. The monoisotopic (exact) mass is 520 g/mol. The second-order valence-electron chi connectivity index (χ2n) is 9.59. The fourth-order valence-electron chi connectivity index (χ4n) is 3.58. The minimum absolute atomic E-state index is 0. The second kappa shape index (κ2) is 14.7. The number of ether oxygens (including phenoxy) is 6. The van der Waals surface area contributed by atoms with Crippen LogP contribution < -0.4 is 9.47 Å². The standard InChI is InChI=1S/C27H36O8.2CH4/c1-27(2,19-3-7-23(8-4-19)32-13-21(28)11-30-15-25-17-34-25)20-5-9-24(10-6-20)33-14-22(29)12-31-16-26-18-35-26;;/h3-10,21-22,25-26,28-29H,11-18H2,1-2H3;2*1H4. The van der Waals surface area contributed by atoms with Crippen molar-refractivity contribution in [1.82, 2.24) is 0 Å². The van der Waals surface area contributed by atoms with E-state index in [1.807, 2.05) is 48.5 Å². The molecule has 2 fully saturated rings. The van der Waals surface area contributed by atoms with Crippen LogP contribution >= 0.6 is 0 Å². The Balaban J connectivity index is 0.00000241. The summed E-state index contributed by atoms with van der Waals surface area (Å²) in [6.07, 6.45) is -0.991. The van der Waals surface area contributed by atoms with E-state index in [0.717, 1.165) is 24.3 Å². The molecule has 4 rings (SSSR count). The summed E-state index contributed by atoms with van der Waals surface area (Å²) in [4.78, 5) is 0. The molecule has 8 nitrogen and oxygen atoms in total. The molecule has 0 radical (unpaired) electrons. The molecule has 2 aromatic rings. The molecule has 0 aliphatic carbocycles. The van der Waals surface area contributed by atoms with Gasteiger partial charge in [-0.3, -0.25) is 0 Å². The van der Waals surface area contributed by atoms with E-state index < -0.39 is 12.2 Å². The summed E-state index contributed by atoms with van der Waals surface area (Å²) in [6.45, 7) is 7.64. The Morgan fingerprint density at radius 1 is 0.703 bits per heavy atom. The third kappa shape index (κ3) is 10.2. The first kappa shape index (κ1) is 31.0. The van der Waals surface area contributed by atoms with Crippen molar-refractivity contribution in [2.75, 3.05) is 52.9 Å². The molecule has 2 aliphatic rings. The molecule has 208 valence electrons. The second-order valence-corrected chi connectivity index (χ2v) is 9.59. The molecule has 0 spiro atoms. The maximum atomic E-state index is 10.0. The van der Waals surface area contributed by atoms with E-state index in [1.165, 1.54) is 0 Å². The van der Waals surface area contributed by atoms with Gasteiger partial charge in [-0.2, -0.15) is 0 Å². The number of rotatable bonds is 16. The predicted octanol–water partition coefficient (Wildman–Crippen LogP) is 3.59. The molecule has 2 saturated heterocycles. The lowest BCUT2D eigenvalue weighted by Crippen LogP contribution is -2.24. The number of epoxide rings is 2. The minimum Gasteiger partial charge on any atom is -0.491 e. The Bertz CT molecular complexity index is 818. The number of hydrogen-bond donors (Lipinski definition) is 2. The molecule has 0 amide bonds. The first-order valence-electron chi connectivity index (χ1n) is 12.1. The molecule has 37 heavy (non-hydrogen) atoms. The zero-order valence-electron chi connectivity index (χ0n) is 20.4. The van der Waals surface area contributed by atoms with Crippen LogP contribution in [-0.2, 0) is 24.4 Å². The van der Waals surface area contributed by atoms with Crippen LogP contribution in [0, 0.1) is 0 Å². The first-order chi connectivity index (χ1) is 16.9. The first-order valence-corrected chi connectivity index (χ1v) is 12.1. The number of benzene rings is 2. The normalized spacial score (nSPS) is 19.7. The highest BCUT2D eigenvalue weighted by molar-refractivity contribution is 5.41. The van der Waals surface area contributed by atoms with Gasteiger partial charge in [0, 0.05) is 5.41 Å². The van der Waals surface area contributed by atoms with Crippen molar-refractivity contribution >= 4 is 0 Å². The SMILES string of the molecule is C.C.CC(C)(c1ccc(OCC(O)COCC2CO2)cc1)c1ccc(OCC(O)COCC2CO2)cc1. The van der Waals surface area contributed by atoms with Crippen molar-refractivity contribution in [3.63, 3.8) is 0 Å². The highest BCUT2D eigenvalue weighted by Crippen LogP contribution is 2.33. The largest absolute Gasteiger partial charge is 0.491 e. The maximum absolute atomic E-state index is 10.0. The maximum Gasteiger partial charge on any atom is 0.119 e. The molecule has 0 bridgehead atoms. The smallest absolute Gasteiger partial charge is 0.119 e. The van der Waals surface area contributed by atoms with Crippen LogP contribution in [0.2, 0.25) is 0 Å². The highest BCUT2D eigenvalue weighted by Gasteiger charge is 2.25. The Kier molecular flexibility index (Phi) is 12.3. The third-order valence-corrected chi connectivity index (χ3v) is 6.07. The average molecular weight is 521 g/mol. The topological polar surface area (TPSA) is 102 Å². The summed E-state index contributed by atoms with van der Waals surface area (Å²) in [5.41, 5.74) is 2.05. The summed E-state index contributed by atoms with van der Waals surface area (Å²) in [7, 11) is 0. The molecule has 2 aromatic carbocycles. The van der Waals surface area contributed by atoms with Crippen molar-refractivity contribution in [3.05, 3.63) is 59.7 Å². The van der Waals surface area contributed by atoms with E-state index in [0.29, 0.717) is 24.7 Å². The van der Waals surface area contributed by atoms with E-state index in [1.54, 1.807) is 0 Å². The summed E-state index contributed by atoms with van der Waals surface area (Å²) >= 11 is 0. The van der Waals surface area contributed by atoms with Gasteiger partial charge in [0.05, 0.1) is 39.6 Å². The molecule has 0 saturated carbocycles. The summed E-state index contributed by atoms with van der Waals surface area (Å²) < 4.78 is 32.3. The van der Waals surface area contributed by atoms with Crippen molar-refractivity contribution in [3.8, 4) is 11.5 Å². The summed E-state index contributed by atoms with van der Waals surface area (Å²) in [6, 6.07) is 15.8. The van der Waals surface area contributed by atoms with Crippen molar-refractivity contribution in [2.24, 2.45) is 0 Å². The number of hydrogen-bond acceptors (Lipinski definition) is 8. The van der Waals surface area contributed by atoms with Crippen molar-refractivity contribution in [2.45, 2.75) is 58.5 Å². The summed E-state index contributed by atoms with van der Waals surface area (Å²) in [5.74, 6) is 1.40. The van der Waals surface area contributed by atoms with E-state index in [2.05, 4.69) is 13.8 Å². The van der Waals surface area contributed by atoms with Gasteiger partial charge in [-0.15, -0.1) is 0 Å². The predicted molar refractivity (Wildman–Crippen MR) is 143 cm³/mol. The van der Waals surface area contributed by atoms with Gasteiger partial charge in [0.2, 0.25) is 0 Å². The molecular formula is C29H44O8. The van der Waals surface area contributed by atoms with Crippen molar-refractivity contribution < 1.29 is 38.6 Å². The molecule has 2 aliphatic heterocycles. The van der Waals surface area contributed by atoms with Crippen LogP contribution in [0.5, 0.6) is 11.5 Å². The van der Waals surface area contributed by atoms with Crippen LogP contribution in [0.4, 0.5) is 0 Å². The van der Waals surface area contributed by atoms with Crippen molar-refractivity contribution in [1.29, 1.82) is 0 Å². The Morgan fingerprint density at radius 2 is 1.05 bits per heavy atom. The third-order valence-electron chi connectivity index (χ3n) is 6.07. The Hall–Kier alpha value is -2.20. The van der Waals surface area contributed by atoms with Crippen LogP contribution in [-0.4, -0.2) is 87.5 Å². The van der Waals surface area contributed by atoms with Gasteiger partial charge >= 0.3 is 0 Å². The van der Waals surface area contributed by atoms with Gasteiger partial charge < -0.3 is 38.6 Å². The molecule has 0 aromatic heterocycles. The molecule has 2 N–H and O–H groups in total. The molecule has 8 heteroatoms.